The lowest BCUT2D eigenvalue weighted by Crippen LogP contribution is -2.17. The first-order valence-electron chi connectivity index (χ1n) is 2.82. The molecule has 0 aromatic heterocycles. The van der Waals surface area contributed by atoms with Gasteiger partial charge in [0.25, 0.3) is 0 Å². The first kappa shape index (κ1) is 8.05. The number of carbonyl (C=O) groups is 1. The summed E-state index contributed by atoms with van der Waals surface area (Å²) in [5.74, 6) is -0.196. The normalized spacial score (nSPS) is 8.89. The lowest BCUT2D eigenvalue weighted by molar-refractivity contribution is -0.120. The van der Waals surface area contributed by atoms with Crippen LogP contribution in [0.2, 0.25) is 0 Å². The fourth-order valence-corrected chi connectivity index (χ4v) is 0.467. The standard InChI is InChI=1S/C6H10N2O/c1-4(2)6(9)5(3)8-7/h4H,1-3H3. The third kappa shape index (κ3) is 2.20. The maximum absolute atomic E-state index is 10.8. The fraction of sp³-hybridized carbons (Fsp3) is 0.667. The van der Waals surface area contributed by atoms with Gasteiger partial charge in [-0.2, -0.15) is 4.79 Å². The van der Waals surface area contributed by atoms with Gasteiger partial charge in [-0.15, -0.1) is 0 Å². The van der Waals surface area contributed by atoms with Crippen molar-refractivity contribution in [2.45, 2.75) is 20.8 Å². The highest BCUT2D eigenvalue weighted by atomic mass is 16.1. The number of ketones is 1. The largest absolute Gasteiger partial charge is 0.361 e. The van der Waals surface area contributed by atoms with Crippen LogP contribution in [0.5, 0.6) is 0 Å². The molecule has 0 N–H and O–H groups in total. The minimum atomic E-state index is -0.113. The molecule has 9 heavy (non-hydrogen) atoms. The number of hydrogen-bond donors (Lipinski definition) is 0. The molecule has 0 saturated carbocycles. The molecule has 3 nitrogen and oxygen atoms in total. The SMILES string of the molecule is CC(=[N+]=[N-])C(=O)C(C)C. The Morgan fingerprint density at radius 1 is 1.56 bits per heavy atom. The highest BCUT2D eigenvalue weighted by Crippen LogP contribution is 1.93. The average Bonchev–Trinajstić information content (AvgIpc) is 1.84. The van der Waals surface area contributed by atoms with E-state index in [-0.39, 0.29) is 17.4 Å². The Labute approximate surface area is 54.3 Å². The van der Waals surface area contributed by atoms with E-state index < -0.39 is 0 Å². The van der Waals surface area contributed by atoms with Crippen molar-refractivity contribution in [3.8, 4) is 0 Å². The molecule has 0 spiro atoms. The van der Waals surface area contributed by atoms with Crippen LogP contribution < -0.4 is 0 Å². The summed E-state index contributed by atoms with van der Waals surface area (Å²) in [6.07, 6.45) is 0. The van der Waals surface area contributed by atoms with Gasteiger partial charge in [-0.3, -0.25) is 4.79 Å². The third-order valence-electron chi connectivity index (χ3n) is 1.03. The first-order valence-corrected chi connectivity index (χ1v) is 2.82. The zero-order valence-corrected chi connectivity index (χ0v) is 5.88. The van der Waals surface area contributed by atoms with Crippen LogP contribution in [0.3, 0.4) is 0 Å². The highest BCUT2D eigenvalue weighted by Gasteiger charge is 2.16. The maximum Gasteiger partial charge on any atom is 0.331 e. The molecule has 0 aliphatic carbocycles. The summed E-state index contributed by atoms with van der Waals surface area (Å²) in [7, 11) is 0. The van der Waals surface area contributed by atoms with Crippen LogP contribution in [0.25, 0.3) is 5.53 Å². The topological polar surface area (TPSA) is 53.5 Å². The van der Waals surface area contributed by atoms with Crippen molar-refractivity contribution in [3.63, 3.8) is 0 Å². The molecule has 0 heterocycles. The zero-order chi connectivity index (χ0) is 7.44. The van der Waals surface area contributed by atoms with Crippen molar-refractivity contribution in [1.29, 1.82) is 0 Å². The lowest BCUT2D eigenvalue weighted by atomic mass is 10.1. The van der Waals surface area contributed by atoms with Gasteiger partial charge in [0.05, 0.1) is 0 Å². The average molecular weight is 126 g/mol. The molecule has 0 bridgehead atoms. The Morgan fingerprint density at radius 3 is 2.11 bits per heavy atom. The number of rotatable bonds is 2. The van der Waals surface area contributed by atoms with Crippen LogP contribution in [-0.4, -0.2) is 16.3 Å². The van der Waals surface area contributed by atoms with Gasteiger partial charge in [-0.05, 0) is 0 Å². The third-order valence-corrected chi connectivity index (χ3v) is 1.03. The molecule has 0 amide bonds. The van der Waals surface area contributed by atoms with Gasteiger partial charge in [-0.25, -0.2) is 0 Å². The highest BCUT2D eigenvalue weighted by molar-refractivity contribution is 6.37. The Balaban J connectivity index is 4.23. The Morgan fingerprint density at radius 2 is 2.00 bits per heavy atom. The number of Topliss-reactive ketones (excluding diaryl/α,β-unsaturated/α-hetero) is 1. The first-order chi connectivity index (χ1) is 4.09. The van der Waals surface area contributed by atoms with Gasteiger partial charge in [-0.1, -0.05) is 13.8 Å². The molecule has 0 saturated heterocycles. The van der Waals surface area contributed by atoms with E-state index in [0.717, 1.165) is 0 Å². The van der Waals surface area contributed by atoms with Crippen molar-refractivity contribution in [2.75, 3.05) is 0 Å². The molecular weight excluding hydrogens is 116 g/mol. The van der Waals surface area contributed by atoms with Crippen LogP contribution >= 0.6 is 0 Å². The number of carbonyl (C=O) groups excluding carboxylic acids is 1. The molecule has 50 valence electrons. The summed E-state index contributed by atoms with van der Waals surface area (Å²) in [6, 6.07) is 0. The molecule has 0 aromatic carbocycles. The maximum atomic E-state index is 10.8. The van der Waals surface area contributed by atoms with Gasteiger partial charge < -0.3 is 5.53 Å². The van der Waals surface area contributed by atoms with E-state index in [9.17, 15) is 4.79 Å². The van der Waals surface area contributed by atoms with E-state index in [2.05, 4.69) is 4.79 Å². The second-order valence-corrected chi connectivity index (χ2v) is 2.20. The van der Waals surface area contributed by atoms with Crippen LogP contribution in [0, 0.1) is 5.92 Å². The van der Waals surface area contributed by atoms with E-state index in [1.807, 2.05) is 0 Å². The summed E-state index contributed by atoms with van der Waals surface area (Å²) in [6.45, 7) is 5.01. The van der Waals surface area contributed by atoms with Crippen LogP contribution in [-0.2, 0) is 4.79 Å². The second kappa shape index (κ2) is 3.15. The van der Waals surface area contributed by atoms with Crippen molar-refractivity contribution in [1.82, 2.24) is 0 Å². The molecule has 0 aliphatic rings. The Hall–Kier alpha value is -0.950. The van der Waals surface area contributed by atoms with E-state index in [0.29, 0.717) is 0 Å². The minimum absolute atomic E-state index is 0.0825. The fourth-order valence-electron chi connectivity index (χ4n) is 0.467. The summed E-state index contributed by atoms with van der Waals surface area (Å²) in [5.41, 5.74) is 8.29. The minimum Gasteiger partial charge on any atom is -0.361 e. The van der Waals surface area contributed by atoms with Crippen molar-refractivity contribution < 1.29 is 9.58 Å². The molecule has 0 aliphatic heterocycles. The lowest BCUT2D eigenvalue weighted by Gasteiger charge is -1.92. The van der Waals surface area contributed by atoms with E-state index >= 15 is 0 Å². The summed E-state index contributed by atoms with van der Waals surface area (Å²) in [4.78, 5) is 13.6. The molecule has 0 radical (unpaired) electrons. The molecule has 0 atom stereocenters. The van der Waals surface area contributed by atoms with Gasteiger partial charge in [0, 0.05) is 12.8 Å². The molecule has 0 aromatic rings. The van der Waals surface area contributed by atoms with Gasteiger partial charge in [0.15, 0.2) is 0 Å². The predicted octanol–water partition coefficient (Wildman–Crippen LogP) is 0.902. The Bertz CT molecular complexity index is 166. The number of hydrogen-bond acceptors (Lipinski definition) is 1. The van der Waals surface area contributed by atoms with Crippen LogP contribution in [0.4, 0.5) is 0 Å². The van der Waals surface area contributed by atoms with Crippen LogP contribution in [0.15, 0.2) is 0 Å². The van der Waals surface area contributed by atoms with Crippen molar-refractivity contribution >= 4 is 11.5 Å². The van der Waals surface area contributed by atoms with E-state index in [1.165, 1.54) is 6.92 Å². The van der Waals surface area contributed by atoms with Gasteiger partial charge >= 0.3 is 5.71 Å². The zero-order valence-electron chi connectivity index (χ0n) is 5.88. The van der Waals surface area contributed by atoms with Gasteiger partial charge in [0.1, 0.15) is 0 Å². The molecule has 0 unspecified atom stereocenters. The van der Waals surface area contributed by atoms with Crippen molar-refractivity contribution in [3.05, 3.63) is 5.53 Å². The summed E-state index contributed by atoms with van der Waals surface area (Å²) in [5, 5.41) is 0. The molecule has 3 heteroatoms. The summed E-state index contributed by atoms with van der Waals surface area (Å²) < 4.78 is 0. The predicted molar refractivity (Wildman–Crippen MR) is 34.1 cm³/mol. The smallest absolute Gasteiger partial charge is 0.331 e. The van der Waals surface area contributed by atoms with Gasteiger partial charge in [0.2, 0.25) is 5.78 Å². The van der Waals surface area contributed by atoms with Crippen molar-refractivity contribution in [2.24, 2.45) is 5.92 Å². The second-order valence-electron chi connectivity index (χ2n) is 2.20. The summed E-state index contributed by atoms with van der Waals surface area (Å²) >= 11 is 0. The molecular formula is C6H10N2O. The Kier molecular flexibility index (Phi) is 2.82. The van der Waals surface area contributed by atoms with E-state index in [4.69, 9.17) is 5.53 Å². The quantitative estimate of drug-likeness (QED) is 0.308. The van der Waals surface area contributed by atoms with E-state index in [1.54, 1.807) is 13.8 Å². The number of nitrogens with zero attached hydrogens (tertiary/aromatic N) is 2. The monoisotopic (exact) mass is 126 g/mol. The molecule has 0 fully saturated rings. The molecule has 0 rings (SSSR count). The van der Waals surface area contributed by atoms with Crippen LogP contribution in [0.1, 0.15) is 20.8 Å².